The molecule has 2 aliphatic heterocycles. The number of nitrogens with two attached hydrogens (primary N) is 1. The van der Waals surface area contributed by atoms with E-state index < -0.39 is 0 Å². The maximum Gasteiger partial charge on any atom is 0.0741 e. The van der Waals surface area contributed by atoms with Crippen molar-refractivity contribution in [2.24, 2.45) is 17.1 Å². The Balaban J connectivity index is 1.50. The van der Waals surface area contributed by atoms with Gasteiger partial charge in [-0.15, -0.1) is 11.8 Å². The van der Waals surface area contributed by atoms with E-state index in [9.17, 15) is 0 Å². The molecule has 21 heavy (non-hydrogen) atoms. The van der Waals surface area contributed by atoms with Gasteiger partial charge in [0, 0.05) is 36.1 Å². The lowest BCUT2D eigenvalue weighted by molar-refractivity contribution is 0.475. The highest BCUT2D eigenvalue weighted by atomic mass is 32.2. The second kappa shape index (κ2) is 6.89. The minimum absolute atomic E-state index is 0.437. The van der Waals surface area contributed by atoms with Crippen molar-refractivity contribution in [3.05, 3.63) is 41.8 Å². The first-order valence-electron chi connectivity index (χ1n) is 7.88. The average Bonchev–Trinajstić information content (AvgIpc) is 3.10. The summed E-state index contributed by atoms with van der Waals surface area (Å²) in [5.74, 6) is 1.89. The molecule has 0 saturated heterocycles. The van der Waals surface area contributed by atoms with Crippen molar-refractivity contribution in [2.75, 3.05) is 31.9 Å². The van der Waals surface area contributed by atoms with Gasteiger partial charge in [0.1, 0.15) is 0 Å². The molecule has 3 rings (SSSR count). The summed E-state index contributed by atoms with van der Waals surface area (Å²) in [7, 11) is 0. The minimum atomic E-state index is 0.437. The van der Waals surface area contributed by atoms with E-state index in [-0.39, 0.29) is 0 Å². The molecule has 0 aromatic rings. The van der Waals surface area contributed by atoms with Crippen molar-refractivity contribution in [2.45, 2.75) is 18.1 Å². The third kappa shape index (κ3) is 4.04. The third-order valence-electron chi connectivity index (χ3n) is 4.60. The molecule has 0 aromatic carbocycles. The maximum atomic E-state index is 5.81. The lowest BCUT2D eigenvalue weighted by Crippen LogP contribution is -2.31. The van der Waals surface area contributed by atoms with Gasteiger partial charge in [0.05, 0.1) is 5.70 Å². The number of nitrogens with one attached hydrogen (secondary N) is 2. The van der Waals surface area contributed by atoms with Crippen LogP contribution in [0.1, 0.15) is 12.8 Å². The molecule has 3 nitrogen and oxygen atoms in total. The van der Waals surface area contributed by atoms with Crippen LogP contribution in [0.25, 0.3) is 0 Å². The van der Waals surface area contributed by atoms with Gasteiger partial charge in [0.2, 0.25) is 0 Å². The van der Waals surface area contributed by atoms with Gasteiger partial charge in [-0.3, -0.25) is 0 Å². The highest BCUT2D eigenvalue weighted by molar-refractivity contribution is 8.00. The summed E-state index contributed by atoms with van der Waals surface area (Å²) >= 11 is 1.94. The van der Waals surface area contributed by atoms with Crippen LogP contribution < -0.4 is 16.4 Å². The molecular weight excluding hydrogens is 278 g/mol. The zero-order valence-corrected chi connectivity index (χ0v) is 13.3. The topological polar surface area (TPSA) is 50.1 Å². The molecule has 3 unspecified atom stereocenters. The number of fused-ring (bicyclic) bond motifs is 1. The summed E-state index contributed by atoms with van der Waals surface area (Å²) in [6.07, 6.45) is 13.6. The van der Waals surface area contributed by atoms with Gasteiger partial charge < -0.3 is 16.4 Å². The molecule has 0 bridgehead atoms. The summed E-state index contributed by atoms with van der Waals surface area (Å²) in [5.41, 5.74) is 10.1. The van der Waals surface area contributed by atoms with Crippen molar-refractivity contribution >= 4 is 11.8 Å². The molecule has 3 aliphatic rings. The number of thioether (sulfide) groups is 1. The molecular formula is C17H25N3S. The highest BCUT2D eigenvalue weighted by Crippen LogP contribution is 2.55. The van der Waals surface area contributed by atoms with Gasteiger partial charge in [-0.25, -0.2) is 0 Å². The van der Waals surface area contributed by atoms with E-state index in [2.05, 4.69) is 40.7 Å². The monoisotopic (exact) mass is 303 g/mol. The van der Waals surface area contributed by atoms with Crippen molar-refractivity contribution in [3.8, 4) is 0 Å². The normalized spacial score (nSPS) is 38.2. The molecule has 1 saturated carbocycles. The van der Waals surface area contributed by atoms with Gasteiger partial charge >= 0.3 is 0 Å². The smallest absolute Gasteiger partial charge is 0.0741 e. The van der Waals surface area contributed by atoms with E-state index in [1.165, 1.54) is 12.8 Å². The van der Waals surface area contributed by atoms with Crippen molar-refractivity contribution in [1.29, 1.82) is 0 Å². The van der Waals surface area contributed by atoms with Crippen molar-refractivity contribution in [3.63, 3.8) is 0 Å². The first kappa shape index (κ1) is 15.0. The Morgan fingerprint density at radius 3 is 3.38 bits per heavy atom. The van der Waals surface area contributed by atoms with Crippen LogP contribution >= 0.6 is 11.8 Å². The zero-order chi connectivity index (χ0) is 14.5. The predicted octanol–water partition coefficient (Wildman–Crippen LogP) is 1.80. The van der Waals surface area contributed by atoms with Crippen LogP contribution in [0.3, 0.4) is 0 Å². The largest absolute Gasteiger partial charge is 0.392 e. The lowest BCUT2D eigenvalue weighted by Gasteiger charge is -2.19. The van der Waals surface area contributed by atoms with Gasteiger partial charge in [-0.2, -0.15) is 0 Å². The SMILES string of the molecule is NC1=C=CC(CNCC23/C=C\CNCCC2C3)SC/C=C\1. The molecule has 0 spiro atoms. The average molecular weight is 303 g/mol. The molecule has 1 fully saturated rings. The van der Waals surface area contributed by atoms with Crippen LogP contribution in [-0.4, -0.2) is 37.2 Å². The van der Waals surface area contributed by atoms with Crippen LogP contribution in [-0.2, 0) is 0 Å². The van der Waals surface area contributed by atoms with E-state index >= 15 is 0 Å². The van der Waals surface area contributed by atoms with Gasteiger partial charge in [0.15, 0.2) is 0 Å². The summed E-state index contributed by atoms with van der Waals surface area (Å²) in [4.78, 5) is 0. The first-order valence-corrected chi connectivity index (χ1v) is 8.93. The Bertz CT molecular complexity index is 490. The van der Waals surface area contributed by atoms with Crippen LogP contribution in [0.15, 0.2) is 41.8 Å². The molecule has 1 aliphatic carbocycles. The Morgan fingerprint density at radius 2 is 2.43 bits per heavy atom. The highest BCUT2D eigenvalue weighted by Gasteiger charge is 2.50. The molecule has 4 heteroatoms. The Labute approximate surface area is 131 Å². The van der Waals surface area contributed by atoms with Crippen LogP contribution in [0, 0.1) is 11.3 Å². The Kier molecular flexibility index (Phi) is 4.91. The summed E-state index contributed by atoms with van der Waals surface area (Å²) in [6.45, 7) is 4.29. The van der Waals surface area contributed by atoms with Crippen LogP contribution in [0.5, 0.6) is 0 Å². The summed E-state index contributed by atoms with van der Waals surface area (Å²) < 4.78 is 0. The molecule has 0 radical (unpaired) electrons. The van der Waals surface area contributed by atoms with Gasteiger partial charge in [-0.1, -0.05) is 24.0 Å². The van der Waals surface area contributed by atoms with E-state index in [1.54, 1.807) is 0 Å². The number of hydrogen-bond donors (Lipinski definition) is 3. The number of rotatable bonds is 4. The maximum absolute atomic E-state index is 5.81. The lowest BCUT2D eigenvalue weighted by atomic mass is 10.00. The second-order valence-corrected chi connectivity index (χ2v) is 7.47. The fraction of sp³-hybridized carbons (Fsp3) is 0.588. The molecule has 114 valence electrons. The van der Waals surface area contributed by atoms with E-state index in [0.29, 0.717) is 10.7 Å². The predicted molar refractivity (Wildman–Crippen MR) is 91.2 cm³/mol. The number of hydrogen-bond acceptors (Lipinski definition) is 4. The summed E-state index contributed by atoms with van der Waals surface area (Å²) in [6, 6.07) is 0. The fourth-order valence-corrected chi connectivity index (χ4v) is 4.08. The molecule has 3 atom stereocenters. The summed E-state index contributed by atoms with van der Waals surface area (Å²) in [5, 5.41) is 7.58. The standard InChI is InChI=1S/C17H25N3S/c18-15-3-1-10-21-16(5-4-15)12-20-13-17-7-2-8-19-9-6-14(17)11-17/h1-3,5,7,14,16,19-20H,6,8-13,18H2/b3-1-,7-2-. The molecule has 0 aromatic heterocycles. The second-order valence-electron chi connectivity index (χ2n) is 6.20. The van der Waals surface area contributed by atoms with Gasteiger partial charge in [-0.05, 0) is 37.5 Å². The van der Waals surface area contributed by atoms with Crippen molar-refractivity contribution in [1.82, 2.24) is 10.6 Å². The first-order chi connectivity index (χ1) is 10.3. The minimum Gasteiger partial charge on any atom is -0.392 e. The van der Waals surface area contributed by atoms with E-state index in [4.69, 9.17) is 5.73 Å². The third-order valence-corrected chi connectivity index (χ3v) is 5.72. The zero-order valence-electron chi connectivity index (χ0n) is 12.5. The quantitative estimate of drug-likeness (QED) is 0.547. The Morgan fingerprint density at radius 1 is 1.48 bits per heavy atom. The van der Waals surface area contributed by atoms with Crippen LogP contribution in [0.2, 0.25) is 0 Å². The molecule has 0 amide bonds. The van der Waals surface area contributed by atoms with Crippen molar-refractivity contribution < 1.29 is 0 Å². The van der Waals surface area contributed by atoms with Crippen LogP contribution in [0.4, 0.5) is 0 Å². The molecule has 2 heterocycles. The molecule has 4 N–H and O–H groups in total. The fourth-order valence-electron chi connectivity index (χ4n) is 3.23. The van der Waals surface area contributed by atoms with E-state index in [0.717, 1.165) is 43.5 Å². The van der Waals surface area contributed by atoms with E-state index in [1.807, 2.05) is 17.8 Å². The van der Waals surface area contributed by atoms with Gasteiger partial charge in [0.25, 0.3) is 0 Å². The Hall–Kier alpha value is -0.930.